The van der Waals surface area contributed by atoms with Crippen LogP contribution in [-0.4, -0.2) is 25.9 Å². The number of rotatable bonds is 3. The Hall–Kier alpha value is -0.770. The highest BCUT2D eigenvalue weighted by molar-refractivity contribution is 6.32. The molecule has 2 fully saturated rings. The molecule has 0 spiro atoms. The summed E-state index contributed by atoms with van der Waals surface area (Å²) in [6, 6.07) is 6.59. The van der Waals surface area contributed by atoms with Gasteiger partial charge in [-0.2, -0.15) is 0 Å². The van der Waals surface area contributed by atoms with Gasteiger partial charge in [-0.15, -0.1) is 0 Å². The highest BCUT2D eigenvalue weighted by Gasteiger charge is 2.19. The van der Waals surface area contributed by atoms with E-state index in [2.05, 4.69) is 11.4 Å². The molecule has 2 aliphatic rings. The van der Waals surface area contributed by atoms with E-state index in [9.17, 15) is 0 Å². The van der Waals surface area contributed by atoms with Crippen molar-refractivity contribution in [1.29, 1.82) is 0 Å². The van der Waals surface area contributed by atoms with Crippen molar-refractivity contribution >= 4 is 11.6 Å². The number of ether oxygens (including phenoxy) is 2. The lowest BCUT2D eigenvalue weighted by atomic mass is 10.1. The summed E-state index contributed by atoms with van der Waals surface area (Å²) < 4.78 is 11.3. The van der Waals surface area contributed by atoms with E-state index in [0.717, 1.165) is 31.7 Å². The van der Waals surface area contributed by atoms with Gasteiger partial charge in [-0.3, -0.25) is 0 Å². The maximum absolute atomic E-state index is 6.33. The largest absolute Gasteiger partial charge is 0.486 e. The van der Waals surface area contributed by atoms with Crippen molar-refractivity contribution in [3.63, 3.8) is 0 Å². The van der Waals surface area contributed by atoms with Gasteiger partial charge in [-0.25, -0.2) is 0 Å². The van der Waals surface area contributed by atoms with Crippen LogP contribution in [0.4, 0.5) is 0 Å². The average molecular weight is 282 g/mol. The molecule has 0 saturated carbocycles. The van der Waals surface area contributed by atoms with Gasteiger partial charge >= 0.3 is 0 Å². The van der Waals surface area contributed by atoms with Crippen LogP contribution in [0.5, 0.6) is 5.75 Å². The predicted octanol–water partition coefficient (Wildman–Crippen LogP) is 3.32. The van der Waals surface area contributed by atoms with Gasteiger partial charge in [0.15, 0.2) is 0 Å². The van der Waals surface area contributed by atoms with Gasteiger partial charge in [-0.05, 0) is 49.9 Å². The first-order valence-corrected chi connectivity index (χ1v) is 7.48. The predicted molar refractivity (Wildman–Crippen MR) is 75.9 cm³/mol. The molecule has 2 saturated heterocycles. The zero-order valence-electron chi connectivity index (χ0n) is 11.0. The maximum Gasteiger partial charge on any atom is 0.138 e. The molecular weight excluding hydrogens is 262 g/mol. The second-order valence-corrected chi connectivity index (χ2v) is 5.70. The molecule has 4 heteroatoms. The Balaban J connectivity index is 1.68. The van der Waals surface area contributed by atoms with Gasteiger partial charge in [0.25, 0.3) is 0 Å². The SMILES string of the molecule is Clc1cc(C2CCCN2)ccc1OC1CCCOC1. The smallest absolute Gasteiger partial charge is 0.138 e. The van der Waals surface area contributed by atoms with Crippen molar-refractivity contribution in [2.75, 3.05) is 19.8 Å². The lowest BCUT2D eigenvalue weighted by Gasteiger charge is -2.24. The summed E-state index contributed by atoms with van der Waals surface area (Å²) >= 11 is 6.33. The topological polar surface area (TPSA) is 30.5 Å². The molecule has 2 aliphatic heterocycles. The zero-order chi connectivity index (χ0) is 13.1. The van der Waals surface area contributed by atoms with Crippen molar-refractivity contribution in [2.24, 2.45) is 0 Å². The Labute approximate surface area is 119 Å². The van der Waals surface area contributed by atoms with Crippen LogP contribution in [0.15, 0.2) is 18.2 Å². The highest BCUT2D eigenvalue weighted by Crippen LogP contribution is 2.32. The quantitative estimate of drug-likeness (QED) is 0.922. The lowest BCUT2D eigenvalue weighted by molar-refractivity contribution is 0.00746. The Morgan fingerprint density at radius 1 is 1.26 bits per heavy atom. The second kappa shape index (κ2) is 6.12. The fraction of sp³-hybridized carbons (Fsp3) is 0.600. The molecule has 104 valence electrons. The third-order valence-electron chi connectivity index (χ3n) is 3.83. The molecule has 0 aromatic heterocycles. The van der Waals surface area contributed by atoms with E-state index in [-0.39, 0.29) is 6.10 Å². The summed E-state index contributed by atoms with van der Waals surface area (Å²) in [6.45, 7) is 2.61. The monoisotopic (exact) mass is 281 g/mol. The van der Waals surface area contributed by atoms with E-state index < -0.39 is 0 Å². The molecule has 1 aromatic carbocycles. The summed E-state index contributed by atoms with van der Waals surface area (Å²) in [5, 5.41) is 4.19. The van der Waals surface area contributed by atoms with Crippen LogP contribution in [0.1, 0.15) is 37.3 Å². The molecule has 3 rings (SSSR count). The van der Waals surface area contributed by atoms with Crippen molar-refractivity contribution in [2.45, 2.75) is 37.8 Å². The van der Waals surface area contributed by atoms with E-state index in [4.69, 9.17) is 21.1 Å². The zero-order valence-corrected chi connectivity index (χ0v) is 11.8. The Bertz CT molecular complexity index is 426. The van der Waals surface area contributed by atoms with Crippen LogP contribution < -0.4 is 10.1 Å². The fourth-order valence-electron chi connectivity index (χ4n) is 2.78. The van der Waals surface area contributed by atoms with Crippen LogP contribution in [0.2, 0.25) is 5.02 Å². The van der Waals surface area contributed by atoms with Crippen LogP contribution in [0.3, 0.4) is 0 Å². The summed E-state index contributed by atoms with van der Waals surface area (Å²) in [5.74, 6) is 0.777. The van der Waals surface area contributed by atoms with E-state index in [1.54, 1.807) is 0 Å². The Kier molecular flexibility index (Phi) is 4.26. The van der Waals surface area contributed by atoms with Crippen molar-refractivity contribution in [3.8, 4) is 5.75 Å². The van der Waals surface area contributed by atoms with Crippen molar-refractivity contribution < 1.29 is 9.47 Å². The van der Waals surface area contributed by atoms with E-state index >= 15 is 0 Å². The molecule has 2 heterocycles. The third-order valence-corrected chi connectivity index (χ3v) is 4.13. The maximum atomic E-state index is 6.33. The summed E-state index contributed by atoms with van der Waals surface area (Å²) in [4.78, 5) is 0. The number of benzene rings is 1. The standard InChI is InChI=1S/C15H20ClNO2/c16-13-9-11(14-4-1-7-17-14)5-6-15(13)19-12-3-2-8-18-10-12/h5-6,9,12,14,17H,1-4,7-8,10H2. The van der Waals surface area contributed by atoms with E-state index in [1.807, 2.05) is 12.1 Å². The van der Waals surface area contributed by atoms with Gasteiger partial charge in [0, 0.05) is 12.6 Å². The van der Waals surface area contributed by atoms with Gasteiger partial charge in [0.2, 0.25) is 0 Å². The molecular formula is C15H20ClNO2. The van der Waals surface area contributed by atoms with Gasteiger partial charge in [0.05, 0.1) is 11.6 Å². The first-order chi connectivity index (χ1) is 9.33. The number of halogens is 1. The number of hydrogen-bond acceptors (Lipinski definition) is 3. The molecule has 2 unspecified atom stereocenters. The first-order valence-electron chi connectivity index (χ1n) is 7.10. The Morgan fingerprint density at radius 3 is 2.89 bits per heavy atom. The Morgan fingerprint density at radius 2 is 2.21 bits per heavy atom. The molecule has 0 aliphatic carbocycles. The highest BCUT2D eigenvalue weighted by atomic mass is 35.5. The molecule has 0 radical (unpaired) electrons. The van der Waals surface area contributed by atoms with E-state index in [1.165, 1.54) is 18.4 Å². The summed E-state index contributed by atoms with van der Waals surface area (Å²) in [5.41, 5.74) is 1.26. The van der Waals surface area contributed by atoms with Crippen molar-refractivity contribution in [3.05, 3.63) is 28.8 Å². The van der Waals surface area contributed by atoms with Crippen LogP contribution in [0.25, 0.3) is 0 Å². The summed E-state index contributed by atoms with van der Waals surface area (Å²) in [7, 11) is 0. The normalized spacial score (nSPS) is 27.4. The molecule has 1 aromatic rings. The minimum absolute atomic E-state index is 0.140. The van der Waals surface area contributed by atoms with Crippen LogP contribution >= 0.6 is 11.6 Å². The van der Waals surface area contributed by atoms with Crippen molar-refractivity contribution in [1.82, 2.24) is 5.32 Å². The second-order valence-electron chi connectivity index (χ2n) is 5.30. The minimum Gasteiger partial charge on any atom is -0.486 e. The molecule has 0 amide bonds. The van der Waals surface area contributed by atoms with Crippen LogP contribution in [-0.2, 0) is 4.74 Å². The molecule has 2 atom stereocenters. The first kappa shape index (κ1) is 13.2. The molecule has 3 nitrogen and oxygen atoms in total. The van der Waals surface area contributed by atoms with Gasteiger partial charge in [-0.1, -0.05) is 17.7 Å². The molecule has 19 heavy (non-hydrogen) atoms. The fourth-order valence-corrected chi connectivity index (χ4v) is 3.02. The van der Waals surface area contributed by atoms with Gasteiger partial charge in [0.1, 0.15) is 11.9 Å². The van der Waals surface area contributed by atoms with E-state index in [0.29, 0.717) is 17.7 Å². The number of hydrogen-bond donors (Lipinski definition) is 1. The summed E-state index contributed by atoms with van der Waals surface area (Å²) in [6.07, 6.45) is 4.67. The minimum atomic E-state index is 0.140. The third kappa shape index (κ3) is 3.22. The number of nitrogens with one attached hydrogen (secondary N) is 1. The molecule has 0 bridgehead atoms. The lowest BCUT2D eigenvalue weighted by Crippen LogP contribution is -2.28. The van der Waals surface area contributed by atoms with Crippen LogP contribution in [0, 0.1) is 0 Å². The average Bonchev–Trinajstić information content (AvgIpc) is 2.96. The molecule has 1 N–H and O–H groups in total. The van der Waals surface area contributed by atoms with Gasteiger partial charge < -0.3 is 14.8 Å².